The quantitative estimate of drug-likeness (QED) is 0.377. The molecule has 1 aromatic heterocycles. The number of hydrogen-bond donors (Lipinski definition) is 2. The minimum absolute atomic E-state index is 0.0379. The van der Waals surface area contributed by atoms with Crippen molar-refractivity contribution in [1.82, 2.24) is 14.9 Å². The summed E-state index contributed by atoms with van der Waals surface area (Å²) >= 11 is 6.15. The highest BCUT2D eigenvalue weighted by atomic mass is 35.5. The van der Waals surface area contributed by atoms with Gasteiger partial charge in [-0.15, -0.1) is 0 Å². The van der Waals surface area contributed by atoms with Crippen LogP contribution in [0.2, 0.25) is 5.02 Å². The molecule has 0 aliphatic rings. The second-order valence-electron chi connectivity index (χ2n) is 7.51. The Kier molecular flexibility index (Phi) is 6.67. The van der Waals surface area contributed by atoms with Crippen molar-refractivity contribution < 1.29 is 17.6 Å². The molecule has 3 aromatic carbocycles. The van der Waals surface area contributed by atoms with E-state index in [-0.39, 0.29) is 27.2 Å². The molecule has 1 amide bonds. The first kappa shape index (κ1) is 23.5. The van der Waals surface area contributed by atoms with Crippen LogP contribution < -0.4 is 10.0 Å². The summed E-state index contributed by atoms with van der Waals surface area (Å²) in [4.78, 5) is 16.7. The Hall–Kier alpha value is -3.69. The third-order valence-electron chi connectivity index (χ3n) is 5.14. The molecule has 0 aliphatic heterocycles. The van der Waals surface area contributed by atoms with Crippen LogP contribution in [0.25, 0.3) is 5.69 Å². The summed E-state index contributed by atoms with van der Waals surface area (Å²) in [6, 6.07) is 16.0. The summed E-state index contributed by atoms with van der Waals surface area (Å²) in [5.41, 5.74) is 2.10. The average molecular weight is 499 g/mol. The second kappa shape index (κ2) is 9.66. The van der Waals surface area contributed by atoms with Crippen LogP contribution in [0.3, 0.4) is 0 Å². The van der Waals surface area contributed by atoms with Gasteiger partial charge in [0, 0.05) is 23.6 Å². The molecule has 0 spiro atoms. The van der Waals surface area contributed by atoms with Crippen LogP contribution in [0.1, 0.15) is 28.9 Å². The van der Waals surface area contributed by atoms with Gasteiger partial charge in [-0.25, -0.2) is 17.8 Å². The molecule has 34 heavy (non-hydrogen) atoms. The van der Waals surface area contributed by atoms with Crippen molar-refractivity contribution in [2.24, 2.45) is 0 Å². The third-order valence-corrected chi connectivity index (χ3v) is 6.85. The van der Waals surface area contributed by atoms with Crippen molar-refractivity contribution in [2.75, 3.05) is 4.72 Å². The first-order chi connectivity index (χ1) is 16.2. The zero-order valence-electron chi connectivity index (χ0n) is 17.9. The number of amides is 1. The van der Waals surface area contributed by atoms with Crippen molar-refractivity contribution in [3.63, 3.8) is 0 Å². The van der Waals surface area contributed by atoms with Crippen molar-refractivity contribution in [1.29, 1.82) is 0 Å². The lowest BCUT2D eigenvalue weighted by Crippen LogP contribution is -2.26. The minimum Gasteiger partial charge on any atom is -0.346 e. The number of aromatic nitrogens is 2. The number of hydrogen-bond acceptors (Lipinski definition) is 4. The number of nitrogens with one attached hydrogen (secondary N) is 2. The Morgan fingerprint density at radius 2 is 1.76 bits per heavy atom. The van der Waals surface area contributed by atoms with Crippen LogP contribution in [0.15, 0.2) is 90.3 Å². The van der Waals surface area contributed by atoms with Crippen molar-refractivity contribution >= 4 is 33.2 Å². The van der Waals surface area contributed by atoms with E-state index in [2.05, 4.69) is 15.0 Å². The fourth-order valence-electron chi connectivity index (χ4n) is 3.27. The average Bonchev–Trinajstić information content (AvgIpc) is 3.36. The van der Waals surface area contributed by atoms with Gasteiger partial charge in [-0.05, 0) is 67.1 Å². The molecule has 0 fully saturated rings. The Balaban J connectivity index is 1.48. The van der Waals surface area contributed by atoms with E-state index < -0.39 is 21.7 Å². The summed E-state index contributed by atoms with van der Waals surface area (Å²) < 4.78 is 42.6. The topological polar surface area (TPSA) is 93.1 Å². The minimum atomic E-state index is -4.02. The van der Waals surface area contributed by atoms with Crippen molar-refractivity contribution in [3.8, 4) is 5.69 Å². The predicted octanol–water partition coefficient (Wildman–Crippen LogP) is 4.96. The number of nitrogens with zero attached hydrogens (tertiary/aromatic N) is 2. The highest BCUT2D eigenvalue weighted by molar-refractivity contribution is 7.92. The van der Waals surface area contributed by atoms with Gasteiger partial charge < -0.3 is 9.88 Å². The molecule has 7 nitrogen and oxygen atoms in total. The zero-order valence-corrected chi connectivity index (χ0v) is 19.5. The van der Waals surface area contributed by atoms with Gasteiger partial charge in [0.1, 0.15) is 5.82 Å². The molecule has 0 aliphatic carbocycles. The van der Waals surface area contributed by atoms with Crippen LogP contribution in [-0.4, -0.2) is 23.9 Å². The van der Waals surface area contributed by atoms with Crippen LogP contribution in [0, 0.1) is 5.82 Å². The van der Waals surface area contributed by atoms with Gasteiger partial charge in [0.05, 0.1) is 28.0 Å². The van der Waals surface area contributed by atoms with Gasteiger partial charge in [0.25, 0.3) is 15.9 Å². The van der Waals surface area contributed by atoms with Crippen molar-refractivity contribution in [2.45, 2.75) is 17.9 Å². The number of benzene rings is 3. The highest BCUT2D eigenvalue weighted by Crippen LogP contribution is 2.26. The molecule has 174 valence electrons. The SMILES string of the molecule is C[C@H](NC(=O)c1ccc(Cl)c(NS(=O)(=O)c2ccc(F)cc2)c1)c1ccc(-n2ccnc2)cc1. The fraction of sp³-hybridized carbons (Fsp3) is 0.0833. The van der Waals surface area contributed by atoms with Crippen LogP contribution >= 0.6 is 11.6 Å². The molecule has 0 bridgehead atoms. The number of imidazole rings is 1. The first-order valence-electron chi connectivity index (χ1n) is 10.2. The zero-order chi connectivity index (χ0) is 24.3. The summed E-state index contributed by atoms with van der Waals surface area (Å²) in [5.74, 6) is -0.953. The lowest BCUT2D eigenvalue weighted by Gasteiger charge is -2.16. The molecule has 0 saturated carbocycles. The smallest absolute Gasteiger partial charge is 0.261 e. The standard InChI is InChI=1S/C24H20ClFN4O3S/c1-16(17-2-7-20(8-3-17)30-13-12-27-15-30)28-24(31)18-4-11-22(25)23(14-18)29-34(32,33)21-9-5-19(26)6-10-21/h2-16,29H,1H3,(H,28,31)/t16-/m0/s1. The van der Waals surface area contributed by atoms with E-state index in [4.69, 9.17) is 11.6 Å². The number of rotatable bonds is 7. The molecule has 0 radical (unpaired) electrons. The van der Waals surface area contributed by atoms with Gasteiger partial charge in [-0.1, -0.05) is 23.7 Å². The summed E-state index contributed by atoms with van der Waals surface area (Å²) in [6.45, 7) is 1.85. The number of sulfonamides is 1. The van der Waals surface area contributed by atoms with Crippen LogP contribution in [0.5, 0.6) is 0 Å². The summed E-state index contributed by atoms with van der Waals surface area (Å²) in [5, 5.41) is 3.01. The van der Waals surface area contributed by atoms with Gasteiger partial charge in [-0.3, -0.25) is 9.52 Å². The van der Waals surface area contributed by atoms with Crippen LogP contribution in [-0.2, 0) is 10.0 Å². The maximum absolute atomic E-state index is 13.1. The first-order valence-corrected chi connectivity index (χ1v) is 12.1. The largest absolute Gasteiger partial charge is 0.346 e. The molecule has 4 rings (SSSR count). The Morgan fingerprint density at radius 1 is 1.06 bits per heavy atom. The van der Waals surface area contributed by atoms with E-state index >= 15 is 0 Å². The highest BCUT2D eigenvalue weighted by Gasteiger charge is 2.18. The molecule has 0 saturated heterocycles. The number of carbonyl (C=O) groups excluding carboxylic acids is 1. The van der Waals surface area contributed by atoms with E-state index in [1.165, 1.54) is 18.2 Å². The normalized spacial score (nSPS) is 12.2. The van der Waals surface area contributed by atoms with E-state index in [1.54, 1.807) is 12.5 Å². The fourth-order valence-corrected chi connectivity index (χ4v) is 4.56. The van der Waals surface area contributed by atoms with Gasteiger partial charge in [-0.2, -0.15) is 0 Å². The van der Waals surface area contributed by atoms with Crippen molar-refractivity contribution in [3.05, 3.63) is 107 Å². The molecule has 1 atom stereocenters. The number of anilines is 1. The monoisotopic (exact) mass is 498 g/mol. The lowest BCUT2D eigenvalue weighted by molar-refractivity contribution is 0.0940. The van der Waals surface area contributed by atoms with Gasteiger partial charge in [0.2, 0.25) is 0 Å². The molecule has 10 heteroatoms. The van der Waals surface area contributed by atoms with E-state index in [1.807, 2.05) is 42.0 Å². The molecule has 2 N–H and O–H groups in total. The molecule has 4 aromatic rings. The molecule has 1 heterocycles. The Labute approximate surface area is 201 Å². The number of carbonyl (C=O) groups is 1. The van der Waals surface area contributed by atoms with Crippen LogP contribution in [0.4, 0.5) is 10.1 Å². The van der Waals surface area contributed by atoms with E-state index in [0.717, 1.165) is 35.5 Å². The van der Waals surface area contributed by atoms with E-state index in [0.29, 0.717) is 0 Å². The Bertz CT molecular complexity index is 1410. The number of halogens is 2. The molecular weight excluding hydrogens is 479 g/mol. The lowest BCUT2D eigenvalue weighted by atomic mass is 10.1. The maximum Gasteiger partial charge on any atom is 0.261 e. The van der Waals surface area contributed by atoms with E-state index in [9.17, 15) is 17.6 Å². The molecule has 0 unspecified atom stereocenters. The summed E-state index contributed by atoms with van der Waals surface area (Å²) in [7, 11) is -4.02. The molecular formula is C24H20ClFN4O3S. The van der Waals surface area contributed by atoms with Gasteiger partial charge in [0.15, 0.2) is 0 Å². The van der Waals surface area contributed by atoms with Gasteiger partial charge >= 0.3 is 0 Å². The summed E-state index contributed by atoms with van der Waals surface area (Å²) in [6.07, 6.45) is 5.22. The maximum atomic E-state index is 13.1. The third kappa shape index (κ3) is 5.27. The predicted molar refractivity (Wildman–Crippen MR) is 128 cm³/mol. The Morgan fingerprint density at radius 3 is 2.41 bits per heavy atom. The second-order valence-corrected chi connectivity index (χ2v) is 9.60.